The van der Waals surface area contributed by atoms with E-state index in [1.54, 1.807) is 0 Å². The molecule has 1 aliphatic heterocycles. The molecule has 0 aromatic heterocycles. The van der Waals surface area contributed by atoms with E-state index in [0.717, 1.165) is 5.75 Å². The molecule has 0 fully saturated rings. The van der Waals surface area contributed by atoms with Crippen molar-refractivity contribution in [2.24, 2.45) is 5.92 Å². The summed E-state index contributed by atoms with van der Waals surface area (Å²) in [7, 11) is 0. The van der Waals surface area contributed by atoms with Crippen molar-refractivity contribution >= 4 is 5.91 Å². The third kappa shape index (κ3) is 2.18. The predicted octanol–water partition coefficient (Wildman–Crippen LogP) is 1.93. The van der Waals surface area contributed by atoms with Crippen LogP contribution in [0.3, 0.4) is 0 Å². The van der Waals surface area contributed by atoms with Gasteiger partial charge in [0.05, 0.1) is 6.61 Å². The van der Waals surface area contributed by atoms with Crippen molar-refractivity contribution in [1.29, 1.82) is 0 Å². The van der Waals surface area contributed by atoms with E-state index < -0.39 is 0 Å². The molecular formula is C13H17NO2. The number of ether oxygens (including phenoxy) is 1. The Morgan fingerprint density at radius 2 is 2.25 bits per heavy atom. The summed E-state index contributed by atoms with van der Waals surface area (Å²) in [4.78, 5) is 11.5. The second-order valence-electron chi connectivity index (χ2n) is 4.45. The van der Waals surface area contributed by atoms with Crippen LogP contribution >= 0.6 is 0 Å². The summed E-state index contributed by atoms with van der Waals surface area (Å²) >= 11 is 0. The Labute approximate surface area is 95.8 Å². The average Bonchev–Trinajstić information content (AvgIpc) is 2.69. The van der Waals surface area contributed by atoms with E-state index in [9.17, 15) is 4.79 Å². The Morgan fingerprint density at radius 1 is 1.50 bits per heavy atom. The number of nitrogens with one attached hydrogen (secondary N) is 1. The molecule has 2 rings (SSSR count). The molecule has 1 unspecified atom stereocenters. The first-order valence-corrected chi connectivity index (χ1v) is 5.68. The lowest BCUT2D eigenvalue weighted by Crippen LogP contribution is -2.32. The molecule has 1 amide bonds. The summed E-state index contributed by atoms with van der Waals surface area (Å²) in [6, 6.07) is 8.01. The second-order valence-corrected chi connectivity index (χ2v) is 4.45. The van der Waals surface area contributed by atoms with E-state index in [2.05, 4.69) is 11.4 Å². The average molecular weight is 219 g/mol. The number of amides is 1. The Morgan fingerprint density at radius 3 is 3.00 bits per heavy atom. The minimum absolute atomic E-state index is 0.0394. The van der Waals surface area contributed by atoms with Gasteiger partial charge in [0.2, 0.25) is 5.91 Å². The van der Waals surface area contributed by atoms with Gasteiger partial charge in [-0.3, -0.25) is 4.79 Å². The normalized spacial score (nSPS) is 18.1. The van der Waals surface area contributed by atoms with Gasteiger partial charge in [-0.05, 0) is 6.07 Å². The SMILES string of the molecule is CC(C)C(=O)NCC1COc2ccccc21. The minimum atomic E-state index is 0.0394. The number of hydrogen-bond donors (Lipinski definition) is 1. The molecule has 3 nitrogen and oxygen atoms in total. The van der Waals surface area contributed by atoms with Crippen LogP contribution in [0.25, 0.3) is 0 Å². The molecule has 16 heavy (non-hydrogen) atoms. The number of benzene rings is 1. The highest BCUT2D eigenvalue weighted by Gasteiger charge is 2.24. The van der Waals surface area contributed by atoms with Gasteiger partial charge >= 0.3 is 0 Å². The van der Waals surface area contributed by atoms with Crippen molar-refractivity contribution in [2.45, 2.75) is 19.8 Å². The molecule has 0 saturated heterocycles. The van der Waals surface area contributed by atoms with Gasteiger partial charge in [0.25, 0.3) is 0 Å². The van der Waals surface area contributed by atoms with Gasteiger partial charge in [-0.15, -0.1) is 0 Å². The van der Waals surface area contributed by atoms with Crippen LogP contribution < -0.4 is 10.1 Å². The third-order valence-electron chi connectivity index (χ3n) is 2.85. The van der Waals surface area contributed by atoms with Crippen LogP contribution in [0.2, 0.25) is 0 Å². The molecule has 1 aromatic rings. The summed E-state index contributed by atoms with van der Waals surface area (Å²) in [5.41, 5.74) is 1.20. The Balaban J connectivity index is 1.96. The van der Waals surface area contributed by atoms with Crippen LogP contribution in [-0.2, 0) is 4.79 Å². The molecular weight excluding hydrogens is 202 g/mol. The lowest BCUT2D eigenvalue weighted by Gasteiger charge is -2.12. The van der Waals surface area contributed by atoms with Crippen LogP contribution in [0.4, 0.5) is 0 Å². The first-order valence-electron chi connectivity index (χ1n) is 5.68. The van der Waals surface area contributed by atoms with E-state index >= 15 is 0 Å². The van der Waals surface area contributed by atoms with E-state index in [0.29, 0.717) is 19.1 Å². The number of carbonyl (C=O) groups excluding carboxylic acids is 1. The zero-order chi connectivity index (χ0) is 11.5. The third-order valence-corrected chi connectivity index (χ3v) is 2.85. The molecule has 86 valence electrons. The first kappa shape index (κ1) is 11.0. The van der Waals surface area contributed by atoms with E-state index in [4.69, 9.17) is 4.74 Å². The fourth-order valence-corrected chi connectivity index (χ4v) is 1.83. The summed E-state index contributed by atoms with van der Waals surface area (Å²) in [5.74, 6) is 1.38. The number of hydrogen-bond acceptors (Lipinski definition) is 2. The fourth-order valence-electron chi connectivity index (χ4n) is 1.83. The van der Waals surface area contributed by atoms with E-state index in [1.165, 1.54) is 5.56 Å². The monoisotopic (exact) mass is 219 g/mol. The molecule has 1 heterocycles. The maximum absolute atomic E-state index is 11.5. The van der Waals surface area contributed by atoms with Gasteiger partial charge in [-0.25, -0.2) is 0 Å². The van der Waals surface area contributed by atoms with Crippen LogP contribution in [0.5, 0.6) is 5.75 Å². The zero-order valence-electron chi connectivity index (χ0n) is 9.69. The molecule has 0 spiro atoms. The lowest BCUT2D eigenvalue weighted by atomic mass is 10.0. The van der Waals surface area contributed by atoms with Gasteiger partial charge < -0.3 is 10.1 Å². The Bertz CT molecular complexity index is 387. The molecule has 0 saturated carbocycles. The van der Waals surface area contributed by atoms with Gasteiger partial charge in [-0.2, -0.15) is 0 Å². The zero-order valence-corrected chi connectivity index (χ0v) is 9.69. The fraction of sp³-hybridized carbons (Fsp3) is 0.462. The summed E-state index contributed by atoms with van der Waals surface area (Å²) in [6.45, 7) is 5.12. The largest absolute Gasteiger partial charge is 0.493 e. The Kier molecular flexibility index (Phi) is 3.13. The highest BCUT2D eigenvalue weighted by molar-refractivity contribution is 5.77. The number of para-hydroxylation sites is 1. The summed E-state index contributed by atoms with van der Waals surface area (Å²) in [5, 5.41) is 2.95. The number of rotatable bonds is 3. The molecule has 1 aromatic carbocycles. The van der Waals surface area contributed by atoms with Crippen LogP contribution in [0, 0.1) is 5.92 Å². The minimum Gasteiger partial charge on any atom is -0.493 e. The summed E-state index contributed by atoms with van der Waals surface area (Å²) < 4.78 is 5.55. The topological polar surface area (TPSA) is 38.3 Å². The van der Waals surface area contributed by atoms with Crippen LogP contribution in [0.15, 0.2) is 24.3 Å². The number of carbonyl (C=O) groups is 1. The molecule has 1 aliphatic rings. The summed E-state index contributed by atoms with van der Waals surface area (Å²) in [6.07, 6.45) is 0. The highest BCUT2D eigenvalue weighted by Crippen LogP contribution is 2.32. The molecule has 0 radical (unpaired) electrons. The van der Waals surface area contributed by atoms with Gasteiger partial charge in [0.1, 0.15) is 5.75 Å². The first-order chi connectivity index (χ1) is 7.68. The quantitative estimate of drug-likeness (QED) is 0.843. The van der Waals surface area contributed by atoms with Crippen LogP contribution in [0.1, 0.15) is 25.3 Å². The molecule has 1 atom stereocenters. The molecule has 0 bridgehead atoms. The maximum Gasteiger partial charge on any atom is 0.222 e. The highest BCUT2D eigenvalue weighted by atomic mass is 16.5. The molecule has 0 aliphatic carbocycles. The van der Waals surface area contributed by atoms with Crippen LogP contribution in [-0.4, -0.2) is 19.1 Å². The maximum atomic E-state index is 11.5. The van der Waals surface area contributed by atoms with E-state index in [-0.39, 0.29) is 11.8 Å². The van der Waals surface area contributed by atoms with Crippen molar-refractivity contribution < 1.29 is 9.53 Å². The standard InChI is InChI=1S/C13H17NO2/c1-9(2)13(15)14-7-10-8-16-12-6-4-3-5-11(10)12/h3-6,9-10H,7-8H2,1-2H3,(H,14,15). The predicted molar refractivity (Wildman–Crippen MR) is 62.5 cm³/mol. The van der Waals surface area contributed by atoms with Crippen molar-refractivity contribution in [2.75, 3.05) is 13.2 Å². The Hall–Kier alpha value is -1.51. The van der Waals surface area contributed by atoms with Gasteiger partial charge in [-0.1, -0.05) is 32.0 Å². The molecule has 1 N–H and O–H groups in total. The van der Waals surface area contributed by atoms with Crippen molar-refractivity contribution in [3.05, 3.63) is 29.8 Å². The van der Waals surface area contributed by atoms with Gasteiger partial charge in [0, 0.05) is 23.9 Å². The lowest BCUT2D eigenvalue weighted by molar-refractivity contribution is -0.124. The van der Waals surface area contributed by atoms with Crippen molar-refractivity contribution in [3.8, 4) is 5.75 Å². The number of fused-ring (bicyclic) bond motifs is 1. The van der Waals surface area contributed by atoms with Gasteiger partial charge in [0.15, 0.2) is 0 Å². The van der Waals surface area contributed by atoms with Crippen molar-refractivity contribution in [3.63, 3.8) is 0 Å². The van der Waals surface area contributed by atoms with Crippen molar-refractivity contribution in [1.82, 2.24) is 5.32 Å². The van der Waals surface area contributed by atoms with E-state index in [1.807, 2.05) is 32.0 Å². The smallest absolute Gasteiger partial charge is 0.222 e. The molecule has 3 heteroatoms. The second kappa shape index (κ2) is 4.56.